The molecular formula is C35H39ClF3N5O7S. The first-order valence-electron chi connectivity index (χ1n) is 16.6. The fraction of sp³-hybridized carbons (Fsp3) is 0.429. The van der Waals surface area contributed by atoms with E-state index in [-0.39, 0.29) is 34.4 Å². The third kappa shape index (κ3) is 6.84. The maximum Gasteiger partial charge on any atom is 0.318 e. The molecule has 17 heteroatoms. The minimum atomic E-state index is -4.94. The molecule has 3 aromatic rings. The Hall–Kier alpha value is -4.25. The molecule has 3 aliphatic rings. The summed E-state index contributed by atoms with van der Waals surface area (Å²) < 4.78 is 87.7. The minimum Gasteiger partial charge on any atom is -0.497 e. The second-order valence-electron chi connectivity index (χ2n) is 12.8. The summed E-state index contributed by atoms with van der Waals surface area (Å²) in [6.45, 7) is 3.23. The lowest BCUT2D eigenvalue weighted by molar-refractivity contribution is -0.121. The van der Waals surface area contributed by atoms with Gasteiger partial charge in [0.15, 0.2) is 5.54 Å². The summed E-state index contributed by atoms with van der Waals surface area (Å²) in [4.78, 5) is 35.1. The van der Waals surface area contributed by atoms with Crippen LogP contribution in [0.15, 0.2) is 59.5 Å². The molecule has 12 nitrogen and oxygen atoms in total. The lowest BCUT2D eigenvalue weighted by Gasteiger charge is -2.42. The van der Waals surface area contributed by atoms with Crippen LogP contribution in [0.3, 0.4) is 0 Å². The molecule has 0 spiro atoms. The highest BCUT2D eigenvalue weighted by Crippen LogP contribution is 2.51. The van der Waals surface area contributed by atoms with Gasteiger partial charge in [0.05, 0.1) is 24.9 Å². The van der Waals surface area contributed by atoms with Crippen molar-refractivity contribution >= 4 is 39.2 Å². The Morgan fingerprint density at radius 2 is 1.65 bits per heavy atom. The number of likely N-dealkylation sites (tertiary alicyclic amines) is 1. The number of carbonyl (C=O) groups is 2. The van der Waals surface area contributed by atoms with Gasteiger partial charge in [0.2, 0.25) is 0 Å². The SMILES string of the molecule is COc1ccc(S(=O)(=O)N2C(=O)C(NC(=O)N3CCC(N4CCN(C)CC4)CC3)(c3ccccc3OCC(F)F)c3cc(Cl)c(F)cc32)c(OC)c1. The van der Waals surface area contributed by atoms with Crippen LogP contribution in [0.1, 0.15) is 24.0 Å². The number of piperidine rings is 1. The van der Waals surface area contributed by atoms with Crippen molar-refractivity contribution in [3.05, 3.63) is 76.6 Å². The monoisotopic (exact) mass is 765 g/mol. The van der Waals surface area contributed by atoms with Crippen molar-refractivity contribution in [2.75, 3.05) is 71.4 Å². The van der Waals surface area contributed by atoms with E-state index in [9.17, 15) is 22.0 Å². The minimum absolute atomic E-state index is 0.162. The van der Waals surface area contributed by atoms with Crippen LogP contribution in [0.5, 0.6) is 17.2 Å². The number of ether oxygens (including phenoxy) is 3. The molecule has 0 aromatic heterocycles. The van der Waals surface area contributed by atoms with E-state index in [4.69, 9.17) is 25.8 Å². The second-order valence-corrected chi connectivity index (χ2v) is 15.0. The van der Waals surface area contributed by atoms with Gasteiger partial charge in [-0.05, 0) is 44.2 Å². The number of alkyl halides is 2. The average molecular weight is 766 g/mol. The summed E-state index contributed by atoms with van der Waals surface area (Å²) >= 11 is 6.29. The van der Waals surface area contributed by atoms with Gasteiger partial charge in [-0.2, -0.15) is 4.31 Å². The molecule has 52 heavy (non-hydrogen) atoms. The van der Waals surface area contributed by atoms with Gasteiger partial charge in [-0.15, -0.1) is 0 Å². The van der Waals surface area contributed by atoms with E-state index in [1.807, 2.05) is 0 Å². The number of amides is 3. The van der Waals surface area contributed by atoms with Crippen molar-refractivity contribution in [3.8, 4) is 17.2 Å². The van der Waals surface area contributed by atoms with Gasteiger partial charge in [-0.3, -0.25) is 9.69 Å². The molecule has 2 saturated heterocycles. The summed E-state index contributed by atoms with van der Waals surface area (Å²) in [7, 11) is -0.278. The van der Waals surface area contributed by atoms with Crippen molar-refractivity contribution in [2.24, 2.45) is 0 Å². The molecule has 3 heterocycles. The highest BCUT2D eigenvalue weighted by atomic mass is 35.5. The zero-order valence-corrected chi connectivity index (χ0v) is 30.4. The predicted molar refractivity (Wildman–Crippen MR) is 187 cm³/mol. The van der Waals surface area contributed by atoms with Gasteiger partial charge in [0.25, 0.3) is 22.4 Å². The highest BCUT2D eigenvalue weighted by Gasteiger charge is 2.59. The first-order chi connectivity index (χ1) is 24.8. The summed E-state index contributed by atoms with van der Waals surface area (Å²) in [6, 6.07) is 10.7. The lowest BCUT2D eigenvalue weighted by atomic mass is 9.83. The Kier molecular flexibility index (Phi) is 10.8. The topological polar surface area (TPSA) is 121 Å². The molecule has 0 radical (unpaired) electrons. The Labute approximate surface area is 305 Å². The number of rotatable bonds is 10. The summed E-state index contributed by atoms with van der Waals surface area (Å²) in [5, 5.41) is 2.29. The van der Waals surface area contributed by atoms with E-state index >= 15 is 9.18 Å². The predicted octanol–water partition coefficient (Wildman–Crippen LogP) is 4.54. The third-order valence-corrected chi connectivity index (χ3v) is 11.8. The summed E-state index contributed by atoms with van der Waals surface area (Å²) in [5.41, 5.74) is -3.27. The fourth-order valence-electron chi connectivity index (χ4n) is 7.07. The number of hydrogen-bond donors (Lipinski definition) is 1. The number of likely N-dealkylation sites (N-methyl/N-ethyl adjacent to an activating group) is 1. The summed E-state index contributed by atoms with van der Waals surface area (Å²) in [6.07, 6.45) is -1.61. The van der Waals surface area contributed by atoms with Crippen LogP contribution < -0.4 is 23.8 Å². The van der Waals surface area contributed by atoms with E-state index in [0.717, 1.165) is 44.4 Å². The van der Waals surface area contributed by atoms with Gasteiger partial charge in [0, 0.05) is 68.6 Å². The lowest BCUT2D eigenvalue weighted by Crippen LogP contribution is -2.59. The van der Waals surface area contributed by atoms with Crippen molar-refractivity contribution in [2.45, 2.75) is 35.7 Å². The van der Waals surface area contributed by atoms with Crippen LogP contribution in [-0.4, -0.2) is 115 Å². The molecule has 280 valence electrons. The maximum absolute atomic E-state index is 15.3. The molecule has 0 saturated carbocycles. The summed E-state index contributed by atoms with van der Waals surface area (Å²) in [5.74, 6) is -2.47. The van der Waals surface area contributed by atoms with Crippen molar-refractivity contribution in [3.63, 3.8) is 0 Å². The molecule has 1 atom stereocenters. The number of nitrogens with zero attached hydrogens (tertiary/aromatic N) is 4. The second kappa shape index (κ2) is 15.0. The number of halogens is 4. The number of nitrogens with one attached hydrogen (secondary N) is 1. The van der Waals surface area contributed by atoms with Crippen LogP contribution in [0.4, 0.5) is 23.7 Å². The molecule has 3 aromatic carbocycles. The van der Waals surface area contributed by atoms with Gasteiger partial charge < -0.3 is 29.3 Å². The average Bonchev–Trinajstić information content (AvgIpc) is 3.37. The Morgan fingerprint density at radius 1 is 0.962 bits per heavy atom. The zero-order valence-electron chi connectivity index (χ0n) is 28.8. The quantitative estimate of drug-likeness (QED) is 0.317. The van der Waals surface area contributed by atoms with Crippen LogP contribution >= 0.6 is 11.6 Å². The number of piperazine rings is 1. The van der Waals surface area contributed by atoms with E-state index in [1.165, 1.54) is 55.5 Å². The van der Waals surface area contributed by atoms with Gasteiger partial charge >= 0.3 is 6.03 Å². The van der Waals surface area contributed by atoms with Crippen molar-refractivity contribution in [1.82, 2.24) is 20.0 Å². The molecule has 0 aliphatic carbocycles. The van der Waals surface area contributed by atoms with Crippen LogP contribution in [0.2, 0.25) is 5.02 Å². The number of hydrogen-bond acceptors (Lipinski definition) is 9. The molecule has 2 fully saturated rings. The van der Waals surface area contributed by atoms with E-state index in [0.29, 0.717) is 30.2 Å². The Balaban J connectivity index is 1.46. The number of sulfonamides is 1. The number of urea groups is 1. The van der Waals surface area contributed by atoms with E-state index < -0.39 is 62.0 Å². The first kappa shape index (κ1) is 37.5. The van der Waals surface area contributed by atoms with Crippen LogP contribution in [0, 0.1) is 5.82 Å². The Morgan fingerprint density at radius 3 is 2.31 bits per heavy atom. The fourth-order valence-corrected chi connectivity index (χ4v) is 8.83. The van der Waals surface area contributed by atoms with Crippen LogP contribution in [0.25, 0.3) is 0 Å². The van der Waals surface area contributed by atoms with Gasteiger partial charge in [0.1, 0.15) is 34.6 Å². The Bertz CT molecular complexity index is 1940. The highest BCUT2D eigenvalue weighted by molar-refractivity contribution is 7.93. The van der Waals surface area contributed by atoms with Crippen molar-refractivity contribution < 1.29 is 45.4 Å². The number of methoxy groups -OCH3 is 2. The maximum atomic E-state index is 15.3. The first-order valence-corrected chi connectivity index (χ1v) is 18.4. The standard InChI is InChI=1S/C35H39ClF3N5O7S/c1-41-14-16-42(17-15-41)22-10-12-43(13-11-22)34(46)40-35(24-6-4-5-7-29(24)51-21-32(38)39)25-19-26(36)27(37)20-28(25)44(33(35)45)52(47,48)31-9-8-23(49-2)18-30(31)50-3/h4-9,18-20,22,32H,10-17,21H2,1-3H3,(H,40,46). The molecule has 1 unspecified atom stereocenters. The molecular weight excluding hydrogens is 727 g/mol. The van der Waals surface area contributed by atoms with E-state index in [1.54, 1.807) is 0 Å². The molecule has 1 N–H and O–H groups in total. The van der Waals surface area contributed by atoms with Crippen molar-refractivity contribution in [1.29, 1.82) is 0 Å². The normalized spacial score (nSPS) is 20.3. The molecule has 6 rings (SSSR count). The number of para-hydroxylation sites is 1. The van der Waals surface area contributed by atoms with Gasteiger partial charge in [-0.25, -0.2) is 26.4 Å². The molecule has 3 amide bonds. The molecule has 0 bridgehead atoms. The molecule has 3 aliphatic heterocycles. The van der Waals surface area contributed by atoms with Gasteiger partial charge in [-0.1, -0.05) is 29.8 Å². The number of carbonyl (C=O) groups excluding carboxylic acids is 2. The number of fused-ring (bicyclic) bond motifs is 1. The van der Waals surface area contributed by atoms with Crippen LogP contribution in [-0.2, 0) is 20.4 Å². The van der Waals surface area contributed by atoms with E-state index in [2.05, 4.69) is 22.2 Å². The largest absolute Gasteiger partial charge is 0.497 e. The number of benzene rings is 3. The third-order valence-electron chi connectivity index (χ3n) is 9.81. The zero-order chi connectivity index (χ0) is 37.4. The smallest absolute Gasteiger partial charge is 0.318 e. The number of anilines is 1.